The molecule has 1 saturated carbocycles. The van der Waals surface area contributed by atoms with Crippen LogP contribution in [0.4, 0.5) is 11.5 Å². The van der Waals surface area contributed by atoms with E-state index in [4.69, 9.17) is 0 Å². The molecule has 6 nitrogen and oxygen atoms in total. The Bertz CT molecular complexity index is 821. The van der Waals surface area contributed by atoms with Crippen molar-refractivity contribution in [1.29, 1.82) is 0 Å². The number of rotatable bonds is 4. The molecule has 6 heteroatoms. The summed E-state index contributed by atoms with van der Waals surface area (Å²) in [5.74, 6) is 1.09. The number of anilines is 2. The summed E-state index contributed by atoms with van der Waals surface area (Å²) in [6, 6.07) is 6.62. The highest BCUT2D eigenvalue weighted by Gasteiger charge is 2.34. The first-order chi connectivity index (χ1) is 13.7. The number of β-amino-alcohol motifs (C(OH)–C–C–N with tert-alkyl or cyclic N) is 1. The summed E-state index contributed by atoms with van der Waals surface area (Å²) in [6.45, 7) is 7.08. The smallest absolute Gasteiger partial charge is 0.139 e. The SMILES string of the molecule is OC1(CN2CCN(c3ccc4ncnc(N5CCCC5)c4c3)CC2)CCCC1. The number of piperazine rings is 1. The Morgan fingerprint density at radius 1 is 0.857 bits per heavy atom. The first kappa shape index (κ1) is 18.1. The van der Waals surface area contributed by atoms with Crippen LogP contribution in [0.15, 0.2) is 24.5 Å². The molecule has 2 aliphatic heterocycles. The molecule has 5 rings (SSSR count). The number of aliphatic hydroxyl groups is 1. The maximum atomic E-state index is 10.7. The Morgan fingerprint density at radius 3 is 2.36 bits per heavy atom. The number of benzene rings is 1. The Hall–Kier alpha value is -1.92. The van der Waals surface area contributed by atoms with Crippen molar-refractivity contribution in [2.75, 3.05) is 55.6 Å². The van der Waals surface area contributed by atoms with Crippen molar-refractivity contribution < 1.29 is 5.11 Å². The van der Waals surface area contributed by atoms with Crippen LogP contribution >= 0.6 is 0 Å². The van der Waals surface area contributed by atoms with Gasteiger partial charge in [-0.3, -0.25) is 4.90 Å². The van der Waals surface area contributed by atoms with Crippen LogP contribution in [0, 0.1) is 0 Å². The highest BCUT2D eigenvalue weighted by molar-refractivity contribution is 5.92. The molecule has 3 aliphatic rings. The van der Waals surface area contributed by atoms with Gasteiger partial charge >= 0.3 is 0 Å². The van der Waals surface area contributed by atoms with Crippen LogP contribution < -0.4 is 9.80 Å². The molecule has 3 fully saturated rings. The van der Waals surface area contributed by atoms with Crippen molar-refractivity contribution in [2.45, 2.75) is 44.1 Å². The minimum Gasteiger partial charge on any atom is -0.389 e. The lowest BCUT2D eigenvalue weighted by molar-refractivity contribution is 0.00803. The molecule has 28 heavy (non-hydrogen) atoms. The number of aromatic nitrogens is 2. The van der Waals surface area contributed by atoms with Crippen molar-refractivity contribution in [1.82, 2.24) is 14.9 Å². The van der Waals surface area contributed by atoms with Crippen LogP contribution in [0.25, 0.3) is 10.9 Å². The molecule has 2 aromatic rings. The van der Waals surface area contributed by atoms with Crippen molar-refractivity contribution in [2.24, 2.45) is 0 Å². The van der Waals surface area contributed by atoms with E-state index in [1.54, 1.807) is 6.33 Å². The summed E-state index contributed by atoms with van der Waals surface area (Å²) in [4.78, 5) is 16.4. The number of hydrogen-bond acceptors (Lipinski definition) is 6. The van der Waals surface area contributed by atoms with Crippen molar-refractivity contribution in [3.63, 3.8) is 0 Å². The third-order valence-corrected chi connectivity index (χ3v) is 6.79. The third-order valence-electron chi connectivity index (χ3n) is 6.79. The molecular formula is C22H31N5O. The Labute approximate surface area is 167 Å². The minimum absolute atomic E-state index is 0.437. The van der Waals surface area contributed by atoms with Crippen molar-refractivity contribution >= 4 is 22.4 Å². The van der Waals surface area contributed by atoms with Gasteiger partial charge in [0.1, 0.15) is 12.1 Å². The lowest BCUT2D eigenvalue weighted by Crippen LogP contribution is -2.51. The van der Waals surface area contributed by atoms with E-state index in [-0.39, 0.29) is 0 Å². The molecule has 0 radical (unpaired) electrons. The molecule has 0 bridgehead atoms. The maximum absolute atomic E-state index is 10.7. The van der Waals surface area contributed by atoms with Crippen molar-refractivity contribution in [3.8, 4) is 0 Å². The van der Waals surface area contributed by atoms with Gasteiger partial charge in [-0.15, -0.1) is 0 Å². The Kier molecular flexibility index (Phi) is 4.85. The molecule has 3 heterocycles. The number of nitrogens with zero attached hydrogens (tertiary/aromatic N) is 5. The van der Waals surface area contributed by atoms with Gasteiger partial charge < -0.3 is 14.9 Å². The first-order valence-corrected chi connectivity index (χ1v) is 10.9. The van der Waals surface area contributed by atoms with E-state index in [0.29, 0.717) is 0 Å². The second-order valence-corrected chi connectivity index (χ2v) is 8.79. The Morgan fingerprint density at radius 2 is 1.61 bits per heavy atom. The zero-order valence-electron chi connectivity index (χ0n) is 16.7. The van der Waals surface area contributed by atoms with E-state index in [0.717, 1.165) is 70.0 Å². The van der Waals surface area contributed by atoms with Crippen LogP contribution in [-0.4, -0.2) is 71.4 Å². The summed E-state index contributed by atoms with van der Waals surface area (Å²) in [7, 11) is 0. The second-order valence-electron chi connectivity index (χ2n) is 8.79. The zero-order valence-corrected chi connectivity index (χ0v) is 16.7. The molecule has 0 amide bonds. The Balaban J connectivity index is 1.31. The summed E-state index contributed by atoms with van der Waals surface area (Å²) < 4.78 is 0. The predicted molar refractivity (Wildman–Crippen MR) is 113 cm³/mol. The highest BCUT2D eigenvalue weighted by atomic mass is 16.3. The monoisotopic (exact) mass is 381 g/mol. The van der Waals surface area contributed by atoms with E-state index >= 15 is 0 Å². The third kappa shape index (κ3) is 3.55. The van der Waals surface area contributed by atoms with E-state index < -0.39 is 5.60 Å². The topological polar surface area (TPSA) is 55.7 Å². The van der Waals surface area contributed by atoms with Gasteiger partial charge in [0.2, 0.25) is 0 Å². The van der Waals surface area contributed by atoms with Gasteiger partial charge in [-0.2, -0.15) is 0 Å². The summed E-state index contributed by atoms with van der Waals surface area (Å²) >= 11 is 0. The van der Waals surface area contributed by atoms with E-state index in [1.807, 2.05) is 0 Å². The standard InChI is InChI=1S/C22H31N5O/c28-22(7-1-2-8-22)16-25-11-13-26(14-12-25)18-5-6-20-19(15-18)21(24-17-23-20)27-9-3-4-10-27/h5-6,15,17,28H,1-4,7-14,16H2. The normalized spacial score (nSPS) is 23.0. The van der Waals surface area contributed by atoms with E-state index in [2.05, 4.69) is 42.9 Å². The van der Waals surface area contributed by atoms with Crippen molar-refractivity contribution in [3.05, 3.63) is 24.5 Å². The van der Waals surface area contributed by atoms with Gasteiger partial charge in [0.25, 0.3) is 0 Å². The fourth-order valence-electron chi connectivity index (χ4n) is 5.18. The lowest BCUT2D eigenvalue weighted by atomic mass is 10.0. The largest absolute Gasteiger partial charge is 0.389 e. The first-order valence-electron chi connectivity index (χ1n) is 10.9. The molecule has 0 unspecified atom stereocenters. The van der Waals surface area contributed by atoms with Crippen LogP contribution in [0.3, 0.4) is 0 Å². The zero-order chi connectivity index (χ0) is 19.0. The van der Waals surface area contributed by atoms with Gasteiger partial charge in [0.05, 0.1) is 11.1 Å². The lowest BCUT2D eigenvalue weighted by Gasteiger charge is -2.39. The minimum atomic E-state index is -0.437. The highest BCUT2D eigenvalue weighted by Crippen LogP contribution is 2.32. The van der Waals surface area contributed by atoms with Crippen LogP contribution in [0.1, 0.15) is 38.5 Å². The number of fused-ring (bicyclic) bond motifs is 1. The summed E-state index contributed by atoms with van der Waals surface area (Å²) in [6.07, 6.45) is 8.49. The van der Waals surface area contributed by atoms with Gasteiger partial charge in [-0.05, 0) is 43.9 Å². The molecular weight excluding hydrogens is 350 g/mol. The molecule has 0 atom stereocenters. The summed E-state index contributed by atoms with van der Waals surface area (Å²) in [5.41, 5.74) is 1.86. The second kappa shape index (κ2) is 7.48. The van der Waals surface area contributed by atoms with E-state index in [9.17, 15) is 5.11 Å². The van der Waals surface area contributed by atoms with Crippen LogP contribution in [0.2, 0.25) is 0 Å². The molecule has 2 saturated heterocycles. The molecule has 0 spiro atoms. The average Bonchev–Trinajstić information content (AvgIpc) is 3.40. The molecule has 1 aliphatic carbocycles. The van der Waals surface area contributed by atoms with Gasteiger partial charge in [-0.1, -0.05) is 12.8 Å². The fraction of sp³-hybridized carbons (Fsp3) is 0.636. The number of hydrogen-bond donors (Lipinski definition) is 1. The molecule has 150 valence electrons. The summed E-state index contributed by atoms with van der Waals surface area (Å²) in [5, 5.41) is 11.9. The van der Waals surface area contributed by atoms with Gasteiger partial charge in [-0.25, -0.2) is 9.97 Å². The van der Waals surface area contributed by atoms with Crippen LogP contribution in [0.5, 0.6) is 0 Å². The molecule has 1 N–H and O–H groups in total. The quantitative estimate of drug-likeness (QED) is 0.879. The maximum Gasteiger partial charge on any atom is 0.139 e. The van der Waals surface area contributed by atoms with Gasteiger partial charge in [0, 0.05) is 56.9 Å². The fourth-order valence-corrected chi connectivity index (χ4v) is 5.18. The molecule has 1 aromatic carbocycles. The van der Waals surface area contributed by atoms with E-state index in [1.165, 1.54) is 36.8 Å². The van der Waals surface area contributed by atoms with Crippen LogP contribution in [-0.2, 0) is 0 Å². The predicted octanol–water partition coefficient (Wildman–Crippen LogP) is 2.66. The van der Waals surface area contributed by atoms with Gasteiger partial charge in [0.15, 0.2) is 0 Å². The average molecular weight is 382 g/mol. The molecule has 1 aromatic heterocycles.